The topological polar surface area (TPSA) is 72.8 Å². The maximum atomic E-state index is 12.1. The summed E-state index contributed by atoms with van der Waals surface area (Å²) in [5.41, 5.74) is 0.0252. The number of aliphatic carboxylic acids is 1. The Morgan fingerprint density at radius 3 is 2.75 bits per heavy atom. The summed E-state index contributed by atoms with van der Waals surface area (Å²) in [4.78, 5) is 23.7. The molecule has 5 heteroatoms. The minimum atomic E-state index is -1.03. The maximum Gasteiger partial charge on any atom is 0.334 e. The van der Waals surface area contributed by atoms with E-state index in [-0.39, 0.29) is 22.9 Å². The van der Waals surface area contributed by atoms with Gasteiger partial charge in [-0.1, -0.05) is 20.3 Å². The van der Waals surface area contributed by atoms with Gasteiger partial charge in [0.2, 0.25) is 0 Å². The van der Waals surface area contributed by atoms with Crippen molar-refractivity contribution in [3.05, 3.63) is 23.3 Å². The monoisotopic (exact) mass is 332 g/mol. The van der Waals surface area contributed by atoms with Crippen molar-refractivity contribution in [3.8, 4) is 0 Å². The Bertz CT molecular complexity index is 684. The van der Waals surface area contributed by atoms with Crippen molar-refractivity contribution in [3.63, 3.8) is 0 Å². The number of carboxylic acids is 1. The van der Waals surface area contributed by atoms with Crippen LogP contribution in [-0.4, -0.2) is 35.4 Å². The third kappa shape index (κ3) is 1.85. The van der Waals surface area contributed by atoms with Crippen LogP contribution in [0.25, 0.3) is 0 Å². The molecule has 0 aromatic heterocycles. The molecule has 3 aliphatic heterocycles. The molecule has 1 N–H and O–H groups in total. The normalized spacial score (nSPS) is 44.4. The molecule has 0 aromatic carbocycles. The molecule has 2 saturated heterocycles. The highest BCUT2D eigenvalue weighted by Gasteiger charge is 2.68. The van der Waals surface area contributed by atoms with Gasteiger partial charge in [0.1, 0.15) is 6.10 Å². The average molecular weight is 332 g/mol. The first kappa shape index (κ1) is 15.9. The van der Waals surface area contributed by atoms with Gasteiger partial charge in [-0.25, -0.2) is 9.59 Å². The molecule has 2 saturated carbocycles. The van der Waals surface area contributed by atoms with Crippen LogP contribution in [0.15, 0.2) is 23.3 Å². The van der Waals surface area contributed by atoms with Gasteiger partial charge in [0.15, 0.2) is 5.60 Å². The van der Waals surface area contributed by atoms with E-state index in [2.05, 4.69) is 13.8 Å². The lowest BCUT2D eigenvalue weighted by Gasteiger charge is -2.65. The molecule has 5 rings (SSSR count). The van der Waals surface area contributed by atoms with Gasteiger partial charge in [-0.2, -0.15) is 0 Å². The van der Waals surface area contributed by atoms with Crippen LogP contribution in [0, 0.1) is 16.7 Å². The summed E-state index contributed by atoms with van der Waals surface area (Å²) in [7, 11) is 0. The van der Waals surface area contributed by atoms with Crippen LogP contribution >= 0.6 is 0 Å². The van der Waals surface area contributed by atoms with Gasteiger partial charge < -0.3 is 14.6 Å². The standard InChI is InChI=1S/C19H24O5/c1-11-9-19(24-16(11)22)13(8-15(20)21)18-6-4-5-17(2,3)12(18)7-14(19)23-10-18/h8-9,12,14H,4-7,10H2,1-3H3,(H,20,21)/b13-8+/t12-,14-,18+,19+/m0/s1. The molecule has 3 heterocycles. The number of esters is 1. The SMILES string of the molecule is CC1=C[C@@]2(OC1=O)/C(=C/C(=O)O)[C@@]13CCCC(C)(C)[C@@H]1C[C@@H]2OC3. The number of hydrogen-bond donors (Lipinski definition) is 1. The molecule has 0 radical (unpaired) electrons. The van der Waals surface area contributed by atoms with Crippen LogP contribution in [0.2, 0.25) is 0 Å². The Morgan fingerprint density at radius 1 is 1.38 bits per heavy atom. The first-order valence-corrected chi connectivity index (χ1v) is 8.71. The van der Waals surface area contributed by atoms with Crippen LogP contribution in [0.5, 0.6) is 0 Å². The van der Waals surface area contributed by atoms with Crippen LogP contribution in [0.1, 0.15) is 46.5 Å². The number of carbonyl (C=O) groups is 2. The Hall–Kier alpha value is -1.62. The predicted octanol–water partition coefficient (Wildman–Crippen LogP) is 2.85. The number of fused-ring (bicyclic) bond motifs is 1. The third-order valence-electron chi connectivity index (χ3n) is 6.76. The third-order valence-corrected chi connectivity index (χ3v) is 6.76. The van der Waals surface area contributed by atoms with Gasteiger partial charge in [-0.05, 0) is 49.2 Å². The molecule has 5 aliphatic rings. The van der Waals surface area contributed by atoms with Crippen LogP contribution in [0.4, 0.5) is 0 Å². The van der Waals surface area contributed by atoms with E-state index in [1.165, 1.54) is 6.08 Å². The van der Waals surface area contributed by atoms with E-state index in [4.69, 9.17) is 9.47 Å². The minimum absolute atomic E-state index is 0.126. The van der Waals surface area contributed by atoms with E-state index in [1.807, 2.05) is 0 Å². The van der Waals surface area contributed by atoms with Crippen molar-refractivity contribution in [2.75, 3.05) is 6.61 Å². The lowest BCUT2D eigenvalue weighted by molar-refractivity contribution is -0.229. The first-order chi connectivity index (χ1) is 11.2. The van der Waals surface area contributed by atoms with E-state index in [0.717, 1.165) is 31.3 Å². The predicted molar refractivity (Wildman–Crippen MR) is 86.2 cm³/mol. The van der Waals surface area contributed by atoms with E-state index < -0.39 is 11.6 Å². The fraction of sp³-hybridized carbons (Fsp3) is 0.684. The lowest BCUT2D eigenvalue weighted by atomic mass is 9.45. The number of rotatable bonds is 1. The molecule has 2 aliphatic carbocycles. The highest BCUT2D eigenvalue weighted by atomic mass is 16.6. The van der Waals surface area contributed by atoms with Gasteiger partial charge in [-0.15, -0.1) is 0 Å². The molecule has 4 atom stereocenters. The molecule has 0 aromatic rings. The highest BCUT2D eigenvalue weighted by Crippen LogP contribution is 2.67. The van der Waals surface area contributed by atoms with E-state index in [9.17, 15) is 14.7 Å². The highest BCUT2D eigenvalue weighted by molar-refractivity contribution is 5.92. The van der Waals surface area contributed by atoms with E-state index in [1.54, 1.807) is 13.0 Å². The molecular formula is C19H24O5. The molecule has 130 valence electrons. The second-order valence-electron chi connectivity index (χ2n) is 8.49. The van der Waals surface area contributed by atoms with Gasteiger partial charge in [-0.3, -0.25) is 0 Å². The number of hydrogen-bond acceptors (Lipinski definition) is 4. The zero-order valence-corrected chi connectivity index (χ0v) is 14.4. The summed E-state index contributed by atoms with van der Waals surface area (Å²) < 4.78 is 11.9. The fourth-order valence-electron chi connectivity index (χ4n) is 5.78. The van der Waals surface area contributed by atoms with Gasteiger partial charge >= 0.3 is 11.9 Å². The summed E-state index contributed by atoms with van der Waals surface area (Å²) in [6.07, 6.45) is 6.66. The molecule has 2 spiro atoms. The summed E-state index contributed by atoms with van der Waals surface area (Å²) in [6, 6.07) is 0. The second-order valence-corrected chi connectivity index (χ2v) is 8.49. The van der Waals surface area contributed by atoms with Crippen molar-refractivity contribution in [1.82, 2.24) is 0 Å². The van der Waals surface area contributed by atoms with E-state index >= 15 is 0 Å². The molecular weight excluding hydrogens is 308 g/mol. The van der Waals surface area contributed by atoms with E-state index in [0.29, 0.717) is 18.1 Å². The first-order valence-electron chi connectivity index (χ1n) is 8.71. The molecule has 2 bridgehead atoms. The largest absolute Gasteiger partial charge is 0.478 e. The molecule has 24 heavy (non-hydrogen) atoms. The molecule has 0 unspecified atom stereocenters. The Balaban J connectivity index is 1.92. The van der Waals surface area contributed by atoms with Gasteiger partial charge in [0.05, 0.1) is 6.61 Å². The Labute approximate surface area is 141 Å². The number of ether oxygens (including phenoxy) is 2. The smallest absolute Gasteiger partial charge is 0.334 e. The molecule has 4 fully saturated rings. The lowest BCUT2D eigenvalue weighted by Crippen LogP contribution is -2.67. The number of carbonyl (C=O) groups excluding carboxylic acids is 1. The van der Waals surface area contributed by atoms with Gasteiger partial charge in [0, 0.05) is 17.1 Å². The van der Waals surface area contributed by atoms with Crippen molar-refractivity contribution in [2.24, 2.45) is 16.7 Å². The summed E-state index contributed by atoms with van der Waals surface area (Å²) in [5, 5.41) is 9.51. The van der Waals surface area contributed by atoms with Crippen molar-refractivity contribution >= 4 is 11.9 Å². The van der Waals surface area contributed by atoms with Crippen molar-refractivity contribution in [2.45, 2.75) is 58.2 Å². The molecule has 0 amide bonds. The van der Waals surface area contributed by atoms with Crippen LogP contribution < -0.4 is 0 Å². The summed E-state index contributed by atoms with van der Waals surface area (Å²) in [5.74, 6) is -1.00. The molecule has 5 nitrogen and oxygen atoms in total. The van der Waals surface area contributed by atoms with Crippen LogP contribution in [-0.2, 0) is 19.1 Å². The minimum Gasteiger partial charge on any atom is -0.478 e. The number of carboxylic acid groups (broad SMARTS) is 1. The van der Waals surface area contributed by atoms with Crippen LogP contribution in [0.3, 0.4) is 0 Å². The maximum absolute atomic E-state index is 12.1. The summed E-state index contributed by atoms with van der Waals surface area (Å²) >= 11 is 0. The quantitative estimate of drug-likeness (QED) is 0.590. The fourth-order valence-corrected chi connectivity index (χ4v) is 5.78. The Kier molecular flexibility index (Phi) is 3.12. The van der Waals surface area contributed by atoms with Crippen molar-refractivity contribution < 1.29 is 24.2 Å². The average Bonchev–Trinajstić information content (AvgIpc) is 2.78. The zero-order valence-electron chi connectivity index (χ0n) is 14.4. The summed E-state index contributed by atoms with van der Waals surface area (Å²) in [6.45, 7) is 6.78. The second kappa shape index (κ2) is 4.72. The Morgan fingerprint density at radius 2 is 2.12 bits per heavy atom. The van der Waals surface area contributed by atoms with Gasteiger partial charge in [0.25, 0.3) is 0 Å². The zero-order chi connectivity index (χ0) is 17.3. The van der Waals surface area contributed by atoms with Crippen molar-refractivity contribution in [1.29, 1.82) is 0 Å².